The summed E-state index contributed by atoms with van der Waals surface area (Å²) in [4.78, 5) is 42.0. The van der Waals surface area contributed by atoms with Gasteiger partial charge in [-0.25, -0.2) is 0 Å². The molecule has 0 saturated heterocycles. The molecule has 3 aromatic rings. The average Bonchev–Trinajstić information content (AvgIpc) is 2.77. The van der Waals surface area contributed by atoms with Gasteiger partial charge in [0.1, 0.15) is 0 Å². The first-order valence-electron chi connectivity index (χ1n) is 9.71. The number of nitrogens with zero attached hydrogens (tertiary/aromatic N) is 1. The van der Waals surface area contributed by atoms with Crippen LogP contribution in [-0.2, 0) is 4.79 Å². The van der Waals surface area contributed by atoms with Crippen LogP contribution >= 0.6 is 11.8 Å². The van der Waals surface area contributed by atoms with E-state index in [0.717, 1.165) is 22.9 Å². The van der Waals surface area contributed by atoms with E-state index in [2.05, 4.69) is 11.4 Å². The highest BCUT2D eigenvalue weighted by atomic mass is 32.2. The predicted molar refractivity (Wildman–Crippen MR) is 118 cm³/mol. The summed E-state index contributed by atoms with van der Waals surface area (Å²) in [6.45, 7) is 0.951. The number of ketones is 2. The molecule has 5 nitrogen and oxygen atoms in total. The molecule has 0 atom stereocenters. The number of amides is 1. The number of hydrogen-bond acceptors (Lipinski definition) is 5. The van der Waals surface area contributed by atoms with Crippen molar-refractivity contribution in [1.82, 2.24) is 0 Å². The van der Waals surface area contributed by atoms with Gasteiger partial charge < -0.3 is 10.2 Å². The molecule has 0 fully saturated rings. The molecule has 0 spiro atoms. The third-order valence-corrected chi connectivity index (χ3v) is 6.43. The first-order valence-corrected chi connectivity index (χ1v) is 10.7. The van der Waals surface area contributed by atoms with E-state index in [1.807, 2.05) is 23.1 Å². The molecule has 148 valence electrons. The minimum atomic E-state index is -0.240. The number of benzene rings is 3. The third kappa shape index (κ3) is 3.09. The fraction of sp³-hybridized carbons (Fsp3) is 0.125. The van der Waals surface area contributed by atoms with Crippen LogP contribution in [0, 0.1) is 0 Å². The summed E-state index contributed by atoms with van der Waals surface area (Å²) in [6, 6.07) is 19.8. The van der Waals surface area contributed by atoms with Gasteiger partial charge in [-0.15, -0.1) is 11.8 Å². The summed E-state index contributed by atoms with van der Waals surface area (Å²) >= 11 is 1.78. The molecular formula is C24H18N2O3S. The lowest BCUT2D eigenvalue weighted by Crippen LogP contribution is -2.37. The second-order valence-corrected chi connectivity index (χ2v) is 8.35. The number of nitrogens with one attached hydrogen (secondary N) is 1. The molecule has 3 aromatic carbocycles. The lowest BCUT2D eigenvalue weighted by atomic mass is 9.83. The zero-order valence-electron chi connectivity index (χ0n) is 16.1. The van der Waals surface area contributed by atoms with Gasteiger partial charge in [-0.2, -0.15) is 0 Å². The normalized spacial score (nSPS) is 14.6. The highest BCUT2D eigenvalue weighted by molar-refractivity contribution is 7.99. The fourth-order valence-corrected chi connectivity index (χ4v) is 5.05. The average molecular weight is 414 g/mol. The summed E-state index contributed by atoms with van der Waals surface area (Å²) in [5.41, 5.74) is 2.80. The number of hydrogen-bond donors (Lipinski definition) is 1. The van der Waals surface area contributed by atoms with Crippen molar-refractivity contribution in [2.45, 2.75) is 4.90 Å². The Balaban J connectivity index is 1.43. The molecule has 2 aliphatic rings. The number of anilines is 2. The van der Waals surface area contributed by atoms with Gasteiger partial charge in [0, 0.05) is 33.9 Å². The molecule has 0 aromatic heterocycles. The van der Waals surface area contributed by atoms with E-state index >= 15 is 0 Å². The molecule has 1 amide bonds. The van der Waals surface area contributed by atoms with E-state index in [1.54, 1.807) is 54.2 Å². The molecule has 0 bridgehead atoms. The van der Waals surface area contributed by atoms with Crippen LogP contribution in [-0.4, -0.2) is 36.3 Å². The minimum absolute atomic E-state index is 0.181. The van der Waals surface area contributed by atoms with E-state index in [9.17, 15) is 14.4 Å². The lowest BCUT2D eigenvalue weighted by Gasteiger charge is -2.30. The van der Waals surface area contributed by atoms with Crippen molar-refractivity contribution in [3.63, 3.8) is 0 Å². The number of para-hydroxylation sites is 1. The number of carbonyl (C=O) groups is 3. The Bertz CT molecular complexity index is 1200. The van der Waals surface area contributed by atoms with Crippen LogP contribution in [0.5, 0.6) is 0 Å². The van der Waals surface area contributed by atoms with Crippen molar-refractivity contribution in [2.24, 2.45) is 0 Å². The maximum absolute atomic E-state index is 13.1. The van der Waals surface area contributed by atoms with Crippen LogP contribution in [0.25, 0.3) is 0 Å². The van der Waals surface area contributed by atoms with Gasteiger partial charge in [0.05, 0.1) is 23.5 Å². The van der Waals surface area contributed by atoms with Crippen molar-refractivity contribution in [1.29, 1.82) is 0 Å². The third-order valence-electron chi connectivity index (χ3n) is 5.39. The molecule has 1 N–H and O–H groups in total. The van der Waals surface area contributed by atoms with Crippen LogP contribution in [0.3, 0.4) is 0 Å². The fourth-order valence-electron chi connectivity index (χ4n) is 4.00. The summed E-state index contributed by atoms with van der Waals surface area (Å²) in [7, 11) is 0. The van der Waals surface area contributed by atoms with Crippen molar-refractivity contribution in [3.8, 4) is 0 Å². The zero-order valence-corrected chi connectivity index (χ0v) is 16.9. The second kappa shape index (κ2) is 7.46. The quantitative estimate of drug-likeness (QED) is 0.549. The smallest absolute Gasteiger partial charge is 0.243 e. The molecule has 0 unspecified atom stereocenters. The van der Waals surface area contributed by atoms with E-state index in [1.165, 1.54) is 0 Å². The molecule has 6 heteroatoms. The van der Waals surface area contributed by atoms with Crippen molar-refractivity contribution in [2.75, 3.05) is 29.1 Å². The Kier molecular flexibility index (Phi) is 4.64. The summed E-state index contributed by atoms with van der Waals surface area (Å²) < 4.78 is 0. The molecule has 0 saturated carbocycles. The Morgan fingerprint density at radius 2 is 1.57 bits per heavy atom. The van der Waals surface area contributed by atoms with Crippen molar-refractivity contribution >= 4 is 40.6 Å². The Labute approximate surface area is 178 Å². The maximum Gasteiger partial charge on any atom is 0.243 e. The number of fused-ring (bicyclic) bond motifs is 3. The highest BCUT2D eigenvalue weighted by Gasteiger charge is 2.31. The predicted octanol–water partition coefficient (Wildman–Crippen LogP) is 4.01. The molecule has 1 aliphatic carbocycles. The van der Waals surface area contributed by atoms with Crippen LogP contribution in [0.1, 0.15) is 31.8 Å². The molecular weight excluding hydrogens is 396 g/mol. The maximum atomic E-state index is 13.1. The Morgan fingerprint density at radius 1 is 0.867 bits per heavy atom. The first-order chi connectivity index (χ1) is 14.6. The second-order valence-electron chi connectivity index (χ2n) is 7.22. The van der Waals surface area contributed by atoms with Gasteiger partial charge in [0.15, 0.2) is 11.6 Å². The van der Waals surface area contributed by atoms with Gasteiger partial charge in [0.25, 0.3) is 0 Å². The van der Waals surface area contributed by atoms with E-state index in [-0.39, 0.29) is 29.6 Å². The van der Waals surface area contributed by atoms with Crippen LogP contribution in [0.15, 0.2) is 71.6 Å². The standard InChI is InChI=1S/C24H18N2O3S/c27-21(14-26-12-13-30-20-11-4-3-10-19(20)26)25-18-9-5-8-17-22(18)24(29)16-7-2-1-6-15(16)23(17)28/h1-11H,12-14H2,(H,25,27). The van der Waals surface area contributed by atoms with Crippen LogP contribution < -0.4 is 10.2 Å². The molecule has 0 radical (unpaired) electrons. The summed E-state index contributed by atoms with van der Waals surface area (Å²) in [5, 5.41) is 2.87. The van der Waals surface area contributed by atoms with Crippen LogP contribution in [0.4, 0.5) is 11.4 Å². The Hall–Kier alpha value is -3.38. The SMILES string of the molecule is O=C(CN1CCSc2ccccc21)Nc1cccc2c1C(=O)c1ccccc1C2=O. The van der Waals surface area contributed by atoms with E-state index in [4.69, 9.17) is 0 Å². The molecule has 1 heterocycles. The lowest BCUT2D eigenvalue weighted by molar-refractivity contribution is -0.115. The highest BCUT2D eigenvalue weighted by Crippen LogP contribution is 2.35. The first kappa shape index (κ1) is 18.6. The molecule has 1 aliphatic heterocycles. The Morgan fingerprint density at radius 3 is 2.40 bits per heavy atom. The van der Waals surface area contributed by atoms with Crippen molar-refractivity contribution < 1.29 is 14.4 Å². The topological polar surface area (TPSA) is 66.5 Å². The largest absolute Gasteiger partial charge is 0.360 e. The van der Waals surface area contributed by atoms with Gasteiger partial charge in [-0.3, -0.25) is 14.4 Å². The van der Waals surface area contributed by atoms with Gasteiger partial charge in [0.2, 0.25) is 5.91 Å². The summed E-state index contributed by atoms with van der Waals surface area (Å²) in [6.07, 6.45) is 0. The van der Waals surface area contributed by atoms with Crippen molar-refractivity contribution in [3.05, 3.63) is 89.0 Å². The minimum Gasteiger partial charge on any atom is -0.360 e. The number of carbonyl (C=O) groups excluding carboxylic acids is 3. The van der Waals surface area contributed by atoms with Gasteiger partial charge in [-0.05, 0) is 18.2 Å². The summed E-state index contributed by atoms with van der Waals surface area (Å²) in [5.74, 6) is 0.257. The monoisotopic (exact) mass is 414 g/mol. The van der Waals surface area contributed by atoms with E-state index in [0.29, 0.717) is 22.4 Å². The zero-order chi connectivity index (χ0) is 20.7. The van der Waals surface area contributed by atoms with E-state index < -0.39 is 0 Å². The van der Waals surface area contributed by atoms with Crippen LogP contribution in [0.2, 0.25) is 0 Å². The van der Waals surface area contributed by atoms with Gasteiger partial charge in [-0.1, -0.05) is 48.5 Å². The molecule has 30 heavy (non-hydrogen) atoms. The number of thioether (sulfide) groups is 1. The number of rotatable bonds is 3. The molecule has 5 rings (SSSR count). The van der Waals surface area contributed by atoms with Gasteiger partial charge >= 0.3 is 0 Å².